The number of thiazole rings is 1. The molecule has 1 N–H and O–H groups in total. The van der Waals surface area contributed by atoms with Gasteiger partial charge in [-0.3, -0.25) is 14.2 Å². The molecule has 0 fully saturated rings. The second kappa shape index (κ2) is 12.1. The van der Waals surface area contributed by atoms with Crippen molar-refractivity contribution in [3.63, 3.8) is 0 Å². The number of carboxylic acid groups (broad SMARTS) is 1. The predicted molar refractivity (Wildman–Crippen MR) is 153 cm³/mol. The highest BCUT2D eigenvalue weighted by Gasteiger charge is 2.32. The van der Waals surface area contributed by atoms with Crippen LogP contribution in [0, 0.1) is 0 Å². The van der Waals surface area contributed by atoms with E-state index in [1.807, 2.05) is 49.4 Å². The Hall–Kier alpha value is -4.96. The molecule has 2 heterocycles. The van der Waals surface area contributed by atoms with Crippen molar-refractivity contribution in [2.24, 2.45) is 4.99 Å². The summed E-state index contributed by atoms with van der Waals surface area (Å²) in [6, 6.07) is 22.4. The van der Waals surface area contributed by atoms with Crippen LogP contribution in [-0.2, 0) is 9.59 Å². The van der Waals surface area contributed by atoms with E-state index in [2.05, 4.69) is 10.3 Å². The number of aromatic nitrogens is 1. The van der Waals surface area contributed by atoms with E-state index in [-0.39, 0.29) is 11.5 Å². The van der Waals surface area contributed by atoms with Crippen molar-refractivity contribution in [3.05, 3.63) is 121 Å². The fourth-order valence-corrected chi connectivity index (χ4v) is 5.59. The third-order valence-electron chi connectivity index (χ3n) is 6.32. The minimum atomic E-state index is -1.33. The number of carboxylic acids is 1. The molecule has 1 amide bonds. The number of anilines is 1. The number of benzene rings is 3. The van der Waals surface area contributed by atoms with Gasteiger partial charge in [-0.1, -0.05) is 53.8 Å². The Balaban J connectivity index is 1.60. The smallest absolute Gasteiger partial charge is 0.271 e. The van der Waals surface area contributed by atoms with Gasteiger partial charge in [0, 0.05) is 5.69 Å². The lowest BCUT2D eigenvalue weighted by Gasteiger charge is -2.25. The van der Waals surface area contributed by atoms with E-state index in [0.717, 1.165) is 5.56 Å². The Kier molecular flexibility index (Phi) is 8.11. The molecule has 0 saturated heterocycles. The fraction of sp³-hybridized carbons (Fsp3) is 0.161. The quantitative estimate of drug-likeness (QED) is 0.331. The topological polar surface area (TPSA) is 122 Å². The van der Waals surface area contributed by atoms with Gasteiger partial charge in [0.2, 0.25) is 0 Å². The maximum Gasteiger partial charge on any atom is 0.271 e. The zero-order valence-corrected chi connectivity index (χ0v) is 23.1. The number of amides is 1. The molecule has 1 aromatic heterocycles. The molecule has 4 aromatic rings. The Morgan fingerprint density at radius 2 is 1.78 bits per heavy atom. The molecule has 3 aromatic carbocycles. The summed E-state index contributed by atoms with van der Waals surface area (Å²) < 4.78 is 12.8. The van der Waals surface area contributed by atoms with E-state index in [9.17, 15) is 19.5 Å². The lowest BCUT2D eigenvalue weighted by molar-refractivity contribution is -0.307. The second-order valence-corrected chi connectivity index (χ2v) is 10.1. The largest absolute Gasteiger partial charge is 0.546 e. The summed E-state index contributed by atoms with van der Waals surface area (Å²) in [4.78, 5) is 43.4. The first kappa shape index (κ1) is 27.6. The van der Waals surface area contributed by atoms with Crippen LogP contribution in [0.4, 0.5) is 5.69 Å². The van der Waals surface area contributed by atoms with E-state index < -0.39 is 18.6 Å². The molecule has 0 radical (unpaired) electrons. The molecule has 0 saturated carbocycles. The third-order valence-corrected chi connectivity index (χ3v) is 7.30. The van der Waals surface area contributed by atoms with Gasteiger partial charge in [-0.2, -0.15) is 0 Å². The van der Waals surface area contributed by atoms with Gasteiger partial charge in [0.1, 0.15) is 18.1 Å². The molecule has 0 spiro atoms. The molecule has 41 heavy (non-hydrogen) atoms. The standard InChI is InChI=1S/C31H27N3O6S/c1-3-39-23-14-12-21(13-15-23)28-27(29(37)33-22-9-5-4-6-10-22)19(2)32-31-34(28)30(38)25(41-31)17-20-8-7-11-24(16-20)40-18-26(35)36/h4-17,28H,3,18H2,1-2H3,(H,33,37)(H,35,36)/p-1/b25-17-. The van der Waals surface area contributed by atoms with Crippen molar-refractivity contribution in [2.75, 3.05) is 18.5 Å². The number of carbonyl (C=O) groups is 2. The van der Waals surface area contributed by atoms with E-state index in [0.29, 0.717) is 50.0 Å². The van der Waals surface area contributed by atoms with Crippen molar-refractivity contribution < 1.29 is 24.2 Å². The normalized spacial score (nSPS) is 14.7. The number of hydrogen-bond donors (Lipinski definition) is 1. The van der Waals surface area contributed by atoms with Crippen LogP contribution >= 0.6 is 11.3 Å². The van der Waals surface area contributed by atoms with Crippen LogP contribution in [-0.4, -0.2) is 29.7 Å². The van der Waals surface area contributed by atoms with Crippen molar-refractivity contribution in [1.29, 1.82) is 0 Å². The molecule has 1 aliphatic rings. The van der Waals surface area contributed by atoms with Crippen molar-refractivity contribution in [1.82, 2.24) is 4.57 Å². The number of hydrogen-bond acceptors (Lipinski definition) is 8. The molecule has 1 aliphatic heterocycles. The zero-order valence-electron chi connectivity index (χ0n) is 22.3. The molecule has 9 nitrogen and oxygen atoms in total. The van der Waals surface area contributed by atoms with Crippen LogP contribution < -0.4 is 34.8 Å². The van der Waals surface area contributed by atoms with Crippen LogP contribution in [0.5, 0.6) is 11.5 Å². The van der Waals surface area contributed by atoms with Gasteiger partial charge in [0.05, 0.1) is 34.4 Å². The van der Waals surface area contributed by atoms with Gasteiger partial charge in [0.25, 0.3) is 11.5 Å². The highest BCUT2D eigenvalue weighted by molar-refractivity contribution is 7.07. The van der Waals surface area contributed by atoms with Crippen molar-refractivity contribution in [3.8, 4) is 11.5 Å². The number of para-hydroxylation sites is 1. The number of fused-ring (bicyclic) bond motifs is 1. The number of allylic oxidation sites excluding steroid dienone is 1. The Morgan fingerprint density at radius 3 is 2.49 bits per heavy atom. The Morgan fingerprint density at radius 1 is 1.02 bits per heavy atom. The van der Waals surface area contributed by atoms with Crippen molar-refractivity contribution in [2.45, 2.75) is 19.9 Å². The van der Waals surface area contributed by atoms with Gasteiger partial charge >= 0.3 is 0 Å². The van der Waals surface area contributed by atoms with E-state index in [4.69, 9.17) is 9.47 Å². The molecular formula is C31H26N3O6S-. The summed E-state index contributed by atoms with van der Waals surface area (Å²) >= 11 is 1.20. The maximum absolute atomic E-state index is 13.9. The number of ether oxygens (including phenoxy) is 2. The lowest BCUT2D eigenvalue weighted by Crippen LogP contribution is -2.40. The van der Waals surface area contributed by atoms with Gasteiger partial charge in [-0.05, 0) is 67.4 Å². The first-order valence-electron chi connectivity index (χ1n) is 12.9. The van der Waals surface area contributed by atoms with E-state index >= 15 is 0 Å². The minimum absolute atomic E-state index is 0.314. The molecule has 208 valence electrons. The Bertz CT molecular complexity index is 1810. The summed E-state index contributed by atoms with van der Waals surface area (Å²) in [6.45, 7) is 3.59. The van der Waals surface area contributed by atoms with Crippen molar-refractivity contribution >= 4 is 35.0 Å². The molecule has 1 atom stereocenters. The summed E-state index contributed by atoms with van der Waals surface area (Å²) in [6.07, 6.45) is 1.69. The highest BCUT2D eigenvalue weighted by atomic mass is 32.1. The summed E-state index contributed by atoms with van der Waals surface area (Å²) in [5, 5.41) is 13.7. The van der Waals surface area contributed by atoms with Gasteiger partial charge in [0.15, 0.2) is 4.80 Å². The van der Waals surface area contributed by atoms with Crippen LogP contribution in [0.15, 0.2) is 99.9 Å². The molecule has 0 aliphatic carbocycles. The minimum Gasteiger partial charge on any atom is -0.546 e. The fourth-order valence-electron chi connectivity index (χ4n) is 4.55. The number of rotatable bonds is 9. The van der Waals surface area contributed by atoms with Crippen LogP contribution in [0.2, 0.25) is 0 Å². The van der Waals surface area contributed by atoms with Crippen LogP contribution in [0.3, 0.4) is 0 Å². The molecule has 0 bridgehead atoms. The average molecular weight is 569 g/mol. The number of nitrogens with zero attached hydrogens (tertiary/aromatic N) is 2. The molecule has 10 heteroatoms. The SMILES string of the molecule is CCOc1ccc(C2C(C(=O)Nc3ccccc3)=C(C)N=c3s/c(=C\c4cccc(OCC(=O)[O-])c4)c(=O)n32)cc1. The van der Waals surface area contributed by atoms with Crippen LogP contribution in [0.1, 0.15) is 31.0 Å². The van der Waals surface area contributed by atoms with E-state index in [1.165, 1.54) is 15.9 Å². The lowest BCUT2D eigenvalue weighted by atomic mass is 9.95. The average Bonchev–Trinajstić information content (AvgIpc) is 3.26. The third kappa shape index (κ3) is 6.12. The first-order chi connectivity index (χ1) is 19.8. The number of nitrogens with one attached hydrogen (secondary N) is 1. The van der Waals surface area contributed by atoms with Gasteiger partial charge < -0.3 is 24.7 Å². The molecular weight excluding hydrogens is 542 g/mol. The zero-order chi connectivity index (χ0) is 28.9. The van der Waals surface area contributed by atoms with Gasteiger partial charge in [-0.25, -0.2) is 4.99 Å². The molecule has 5 rings (SSSR count). The summed E-state index contributed by atoms with van der Waals surface area (Å²) in [7, 11) is 0. The monoisotopic (exact) mass is 568 g/mol. The maximum atomic E-state index is 13.9. The summed E-state index contributed by atoms with van der Waals surface area (Å²) in [5.41, 5.74) is 2.54. The first-order valence-corrected chi connectivity index (χ1v) is 13.7. The van der Waals surface area contributed by atoms with Gasteiger partial charge in [-0.15, -0.1) is 0 Å². The Labute approximate surface area is 239 Å². The second-order valence-electron chi connectivity index (χ2n) is 9.14. The summed E-state index contributed by atoms with van der Waals surface area (Å²) in [5.74, 6) is -0.678. The number of aliphatic carboxylic acids is 1. The highest BCUT2D eigenvalue weighted by Crippen LogP contribution is 2.31. The predicted octanol–water partition coefficient (Wildman–Crippen LogP) is 2.40. The number of carbonyl (C=O) groups excluding carboxylic acids is 2. The van der Waals surface area contributed by atoms with E-state index in [1.54, 1.807) is 49.4 Å². The molecule has 1 unspecified atom stereocenters. The van der Waals surface area contributed by atoms with Crippen LogP contribution in [0.25, 0.3) is 6.08 Å².